The highest BCUT2D eigenvalue weighted by molar-refractivity contribution is 5.89. The lowest BCUT2D eigenvalue weighted by atomic mass is 9.99. The molecule has 0 bridgehead atoms. The Morgan fingerprint density at radius 1 is 0.614 bits per heavy atom. The Balaban J connectivity index is 1.25. The second-order valence-corrected chi connectivity index (χ2v) is 16.1. The van der Waals surface area contributed by atoms with Crippen LogP contribution in [0.5, 0.6) is 46.0 Å². The van der Waals surface area contributed by atoms with Gasteiger partial charge in [-0.15, -0.1) is 0 Å². The van der Waals surface area contributed by atoms with Crippen molar-refractivity contribution in [2.45, 2.75) is 92.1 Å². The molecule has 3 aliphatic heterocycles. The first-order valence-electron chi connectivity index (χ1n) is 21.1. The van der Waals surface area contributed by atoms with Crippen LogP contribution >= 0.6 is 0 Å². The molecule has 382 valence electrons. The molecule has 26 heteroatoms. The van der Waals surface area contributed by atoms with Crippen LogP contribution in [0, 0.1) is 0 Å². The molecule has 0 unspecified atom stereocenters. The number of phenolic OH excluding ortho intramolecular Hbond substituents is 3. The first-order valence-corrected chi connectivity index (χ1v) is 21.1. The van der Waals surface area contributed by atoms with Crippen molar-refractivity contribution >= 4 is 23.0 Å². The molecule has 3 aromatic carbocycles. The molecule has 0 saturated carbocycles. The minimum atomic E-state index is -2.11. The lowest BCUT2D eigenvalue weighted by Gasteiger charge is -2.41. The minimum Gasteiger partial charge on any atom is -0.508 e. The van der Waals surface area contributed by atoms with Crippen LogP contribution in [0.3, 0.4) is 0 Å². The van der Waals surface area contributed by atoms with Crippen LogP contribution < -0.4 is 29.1 Å². The summed E-state index contributed by atoms with van der Waals surface area (Å²) in [6.07, 6.45) is -26.1. The van der Waals surface area contributed by atoms with Crippen LogP contribution in [0.25, 0.3) is 28.4 Å². The zero-order chi connectivity index (χ0) is 50.9. The quantitative estimate of drug-likeness (QED) is 0.0404. The molecule has 1 aromatic heterocycles. The number of hydrogen-bond donors (Lipinski definition) is 14. The lowest BCUT2D eigenvalue weighted by Crippen LogP contribution is -2.60. The Morgan fingerprint density at radius 2 is 1.13 bits per heavy atom. The molecule has 70 heavy (non-hydrogen) atoms. The Kier molecular flexibility index (Phi) is 15.9. The van der Waals surface area contributed by atoms with E-state index >= 15 is 0 Å². The van der Waals surface area contributed by atoms with Gasteiger partial charge >= 0.3 is 5.97 Å². The number of rotatable bonds is 15. The van der Waals surface area contributed by atoms with Gasteiger partial charge in [0.05, 0.1) is 27.4 Å². The highest BCUT2D eigenvalue weighted by atomic mass is 16.7. The summed E-state index contributed by atoms with van der Waals surface area (Å²) >= 11 is 0. The van der Waals surface area contributed by atoms with Crippen LogP contribution in [0.4, 0.5) is 0 Å². The highest BCUT2D eigenvalue weighted by Crippen LogP contribution is 2.42. The topological polar surface area (TPSA) is 414 Å². The van der Waals surface area contributed by atoms with E-state index in [9.17, 15) is 81.1 Å². The molecule has 0 spiro atoms. The van der Waals surface area contributed by atoms with E-state index in [1.165, 1.54) is 32.4 Å². The van der Waals surface area contributed by atoms with E-state index in [2.05, 4.69) is 0 Å². The van der Waals surface area contributed by atoms with E-state index in [0.29, 0.717) is 5.56 Å². The number of fused-ring (bicyclic) bond motifs is 1. The van der Waals surface area contributed by atoms with Gasteiger partial charge in [0.1, 0.15) is 102 Å². The van der Waals surface area contributed by atoms with Gasteiger partial charge in [0.2, 0.25) is 35.8 Å². The van der Waals surface area contributed by atoms with Crippen LogP contribution in [-0.4, -0.2) is 204 Å². The molecular formula is C44H50O26. The van der Waals surface area contributed by atoms with Gasteiger partial charge in [0.15, 0.2) is 28.8 Å². The van der Waals surface area contributed by atoms with Crippen molar-refractivity contribution < 1.29 is 123 Å². The third kappa shape index (κ3) is 10.4. The number of ether oxygens (including phenoxy) is 9. The molecule has 14 N–H and O–H groups in total. The maximum atomic E-state index is 14.2. The van der Waals surface area contributed by atoms with Gasteiger partial charge in [-0.25, -0.2) is 4.79 Å². The largest absolute Gasteiger partial charge is 0.508 e. The van der Waals surface area contributed by atoms with Crippen molar-refractivity contribution in [2.24, 2.45) is 0 Å². The number of methoxy groups -OCH3 is 2. The molecule has 0 radical (unpaired) electrons. The van der Waals surface area contributed by atoms with Crippen molar-refractivity contribution in [3.05, 3.63) is 64.3 Å². The van der Waals surface area contributed by atoms with Crippen LogP contribution in [0.15, 0.2) is 57.8 Å². The zero-order valence-electron chi connectivity index (χ0n) is 36.6. The number of aromatic hydroxyl groups is 3. The summed E-state index contributed by atoms with van der Waals surface area (Å²) in [4.78, 5) is 27.0. The Morgan fingerprint density at radius 3 is 1.67 bits per heavy atom. The lowest BCUT2D eigenvalue weighted by molar-refractivity contribution is -0.282. The average molecular weight is 995 g/mol. The van der Waals surface area contributed by atoms with E-state index < -0.39 is 169 Å². The zero-order valence-corrected chi connectivity index (χ0v) is 36.6. The van der Waals surface area contributed by atoms with Gasteiger partial charge in [-0.1, -0.05) is 0 Å². The fourth-order valence-electron chi connectivity index (χ4n) is 7.64. The average Bonchev–Trinajstić information content (AvgIpc) is 3.34. The second kappa shape index (κ2) is 21.5. The maximum absolute atomic E-state index is 14.2. The van der Waals surface area contributed by atoms with Crippen molar-refractivity contribution in [1.29, 1.82) is 0 Å². The van der Waals surface area contributed by atoms with E-state index in [0.717, 1.165) is 36.4 Å². The maximum Gasteiger partial charge on any atom is 0.330 e. The normalized spacial score (nSPS) is 31.3. The summed E-state index contributed by atoms with van der Waals surface area (Å²) in [6.45, 7) is -2.53. The molecule has 3 aliphatic rings. The van der Waals surface area contributed by atoms with Crippen LogP contribution in [0.2, 0.25) is 0 Å². The monoisotopic (exact) mass is 994 g/mol. The number of carbonyl (C=O) groups excluding carboxylic acids is 1. The van der Waals surface area contributed by atoms with Gasteiger partial charge in [-0.2, -0.15) is 0 Å². The van der Waals surface area contributed by atoms with E-state index in [1.54, 1.807) is 0 Å². The van der Waals surface area contributed by atoms with E-state index in [4.69, 9.17) is 47.0 Å². The molecule has 4 heterocycles. The van der Waals surface area contributed by atoms with E-state index in [-0.39, 0.29) is 22.8 Å². The van der Waals surface area contributed by atoms with Gasteiger partial charge in [0, 0.05) is 23.8 Å². The van der Waals surface area contributed by atoms with Crippen molar-refractivity contribution in [3.8, 4) is 57.3 Å². The molecule has 4 aromatic rings. The second-order valence-electron chi connectivity index (χ2n) is 16.1. The number of phenols is 3. The van der Waals surface area contributed by atoms with Gasteiger partial charge in [0.25, 0.3) is 0 Å². The Labute approximate surface area is 393 Å². The summed E-state index contributed by atoms with van der Waals surface area (Å²) in [7, 11) is 2.59. The summed E-state index contributed by atoms with van der Waals surface area (Å²) in [6, 6.07) is 7.73. The molecule has 3 saturated heterocycles. The van der Waals surface area contributed by atoms with Crippen LogP contribution in [0.1, 0.15) is 5.56 Å². The standard InChI is InChI=1S/C44H50O26/c1-61-22-7-15(8-23(62-2)29(22)50)3-6-27(49)63-14-26-32(53)36(57)38(59)43(69-26)66-20-9-16(4-5-19(20)65-42-37(58)34(55)30(51)24(12-45)67-42)40-41(33(54)28-18(48)10-17(47)11-21(28)64-40)70-44-39(60)35(56)31(52)25(13-46)68-44/h3-11,24-26,30-32,34-39,42-48,50-53,55-60H,12-14H2,1-2H3/b6-3+/t24-,25-,26-,30+,31-,32+,34+,35-,36+,37+,38-,39+,42+,43-,44+/m1/s1. The summed E-state index contributed by atoms with van der Waals surface area (Å²) in [5.41, 5.74) is -1.56. The molecule has 15 atom stereocenters. The number of benzene rings is 3. The van der Waals surface area contributed by atoms with E-state index in [1.807, 2.05) is 0 Å². The predicted molar refractivity (Wildman–Crippen MR) is 229 cm³/mol. The Bertz CT molecular complexity index is 2550. The molecule has 0 aliphatic carbocycles. The summed E-state index contributed by atoms with van der Waals surface area (Å²) < 4.78 is 55.8. The fraction of sp³-hybridized carbons (Fsp3) is 0.455. The van der Waals surface area contributed by atoms with Crippen molar-refractivity contribution in [3.63, 3.8) is 0 Å². The number of aliphatic hydroxyl groups is 11. The first kappa shape index (κ1) is 51.8. The molecule has 0 amide bonds. The third-order valence-electron chi connectivity index (χ3n) is 11.5. The predicted octanol–water partition coefficient (Wildman–Crippen LogP) is -3.61. The fourth-order valence-corrected chi connectivity index (χ4v) is 7.64. The molecule has 7 rings (SSSR count). The SMILES string of the molecule is COc1cc(/C=C/C(=O)OC[C@H]2O[C@@H](Oc3cc(-c4oc5cc(O)cc(O)c5c(=O)c4O[C@@H]4O[C@H](CO)[C@@H](O)[C@@H](O)[C@@H]4O)ccc3O[C@H]3O[C@H](CO)[C@H](O)[C@H](O)[C@@H]3O)[C@H](O)[C@@H](O)[C@H]2O)cc(OC)c1O. The molecule has 26 nitrogen and oxygen atoms in total. The van der Waals surface area contributed by atoms with Gasteiger partial charge < -0.3 is 119 Å². The first-order chi connectivity index (χ1) is 33.3. The van der Waals surface area contributed by atoms with Crippen molar-refractivity contribution in [1.82, 2.24) is 0 Å². The molecule has 3 fully saturated rings. The Hall–Kier alpha value is -6.08. The minimum absolute atomic E-state index is 0.0289. The number of hydrogen-bond acceptors (Lipinski definition) is 26. The van der Waals surface area contributed by atoms with Gasteiger partial charge in [-0.3, -0.25) is 4.79 Å². The smallest absolute Gasteiger partial charge is 0.330 e. The number of esters is 1. The third-order valence-corrected chi connectivity index (χ3v) is 11.5. The van der Waals surface area contributed by atoms with Crippen molar-refractivity contribution in [2.75, 3.05) is 34.0 Å². The van der Waals surface area contributed by atoms with Crippen LogP contribution in [-0.2, 0) is 23.7 Å². The summed E-state index contributed by atoms with van der Waals surface area (Å²) in [5, 5.41) is 147. The molecular weight excluding hydrogens is 944 g/mol. The summed E-state index contributed by atoms with van der Waals surface area (Å²) in [5.74, 6) is -5.11. The number of aliphatic hydroxyl groups excluding tert-OH is 11. The number of carbonyl (C=O) groups is 1. The van der Waals surface area contributed by atoms with Gasteiger partial charge in [-0.05, 0) is 42.0 Å². The highest BCUT2D eigenvalue weighted by Gasteiger charge is 2.48.